The molecule has 0 spiro atoms. The molecule has 1 aromatic heterocycles. The highest BCUT2D eigenvalue weighted by atomic mass is 79.9. The van der Waals surface area contributed by atoms with E-state index in [1.807, 2.05) is 32.0 Å². The zero-order valence-corrected chi connectivity index (χ0v) is 12.4. The standard InChI is InChI=1S/C13H12BrClN2O/c1-8-13(15)9(2)17(16-8)7-12(18)10-5-3-4-6-11(10)14/h3-6H,7H2,1-2H3. The molecule has 18 heavy (non-hydrogen) atoms. The van der Waals surface area contributed by atoms with Crippen LogP contribution in [0.25, 0.3) is 0 Å². The van der Waals surface area contributed by atoms with Gasteiger partial charge in [0.05, 0.1) is 16.4 Å². The van der Waals surface area contributed by atoms with Crippen molar-refractivity contribution in [2.45, 2.75) is 20.4 Å². The monoisotopic (exact) mass is 326 g/mol. The van der Waals surface area contributed by atoms with E-state index < -0.39 is 0 Å². The smallest absolute Gasteiger partial charge is 0.185 e. The quantitative estimate of drug-likeness (QED) is 0.804. The highest BCUT2D eigenvalue weighted by Crippen LogP contribution is 2.21. The number of ketones is 1. The molecule has 0 radical (unpaired) electrons. The summed E-state index contributed by atoms with van der Waals surface area (Å²) in [6.45, 7) is 3.88. The summed E-state index contributed by atoms with van der Waals surface area (Å²) in [5.74, 6) is 0.00439. The first-order chi connectivity index (χ1) is 8.50. The van der Waals surface area contributed by atoms with Crippen LogP contribution in [0, 0.1) is 13.8 Å². The van der Waals surface area contributed by atoms with Crippen molar-refractivity contribution in [3.8, 4) is 0 Å². The van der Waals surface area contributed by atoms with Crippen LogP contribution >= 0.6 is 27.5 Å². The fourth-order valence-electron chi connectivity index (χ4n) is 1.74. The molecule has 0 aliphatic carbocycles. The SMILES string of the molecule is Cc1nn(CC(=O)c2ccccc2Br)c(C)c1Cl. The third kappa shape index (κ3) is 2.49. The molecule has 0 aliphatic rings. The number of hydrogen-bond donors (Lipinski definition) is 0. The summed E-state index contributed by atoms with van der Waals surface area (Å²) in [5, 5.41) is 4.87. The lowest BCUT2D eigenvalue weighted by Gasteiger charge is -2.05. The first-order valence-corrected chi connectivity index (χ1v) is 6.65. The molecule has 0 saturated carbocycles. The van der Waals surface area contributed by atoms with Gasteiger partial charge in [-0.2, -0.15) is 5.10 Å². The maximum Gasteiger partial charge on any atom is 0.185 e. The molecule has 1 heterocycles. The summed E-state index contributed by atoms with van der Waals surface area (Å²) in [4.78, 5) is 12.2. The molecule has 0 atom stereocenters. The van der Waals surface area contributed by atoms with Crippen LogP contribution in [0.15, 0.2) is 28.7 Å². The number of hydrogen-bond acceptors (Lipinski definition) is 2. The van der Waals surface area contributed by atoms with Crippen molar-refractivity contribution in [2.75, 3.05) is 0 Å². The predicted octanol–water partition coefficient (Wildman–Crippen LogP) is 3.80. The Hall–Kier alpha value is -1.13. The fraction of sp³-hybridized carbons (Fsp3) is 0.231. The van der Waals surface area contributed by atoms with E-state index in [1.165, 1.54) is 0 Å². The molecule has 3 nitrogen and oxygen atoms in total. The van der Waals surface area contributed by atoms with Gasteiger partial charge in [0.25, 0.3) is 0 Å². The number of halogens is 2. The van der Waals surface area contributed by atoms with Crippen molar-refractivity contribution in [1.82, 2.24) is 9.78 Å². The van der Waals surface area contributed by atoms with E-state index >= 15 is 0 Å². The van der Waals surface area contributed by atoms with E-state index in [2.05, 4.69) is 21.0 Å². The largest absolute Gasteiger partial charge is 0.292 e. The summed E-state index contributed by atoms with van der Waals surface area (Å²) < 4.78 is 2.43. The van der Waals surface area contributed by atoms with Gasteiger partial charge in [-0.25, -0.2) is 0 Å². The molecule has 2 rings (SSSR count). The zero-order chi connectivity index (χ0) is 13.3. The number of carbonyl (C=O) groups excluding carboxylic acids is 1. The van der Waals surface area contributed by atoms with Crippen molar-refractivity contribution in [1.29, 1.82) is 0 Å². The first-order valence-electron chi connectivity index (χ1n) is 5.48. The zero-order valence-electron chi connectivity index (χ0n) is 10.1. The highest BCUT2D eigenvalue weighted by Gasteiger charge is 2.14. The number of aryl methyl sites for hydroxylation is 1. The predicted molar refractivity (Wildman–Crippen MR) is 75.2 cm³/mol. The molecule has 94 valence electrons. The van der Waals surface area contributed by atoms with Crippen molar-refractivity contribution >= 4 is 33.3 Å². The summed E-state index contributed by atoms with van der Waals surface area (Å²) in [7, 11) is 0. The van der Waals surface area contributed by atoms with Crippen LogP contribution in [-0.4, -0.2) is 15.6 Å². The van der Waals surface area contributed by atoms with Crippen molar-refractivity contribution in [2.24, 2.45) is 0 Å². The molecule has 0 amide bonds. The molecule has 0 aliphatic heterocycles. The summed E-state index contributed by atoms with van der Waals surface area (Å²) in [6.07, 6.45) is 0. The number of rotatable bonds is 3. The lowest BCUT2D eigenvalue weighted by atomic mass is 10.1. The van der Waals surface area contributed by atoms with E-state index in [0.717, 1.165) is 15.9 Å². The van der Waals surface area contributed by atoms with Gasteiger partial charge in [0.2, 0.25) is 0 Å². The summed E-state index contributed by atoms with van der Waals surface area (Å²) >= 11 is 9.43. The van der Waals surface area contributed by atoms with Gasteiger partial charge in [-0.15, -0.1) is 0 Å². The fourth-order valence-corrected chi connectivity index (χ4v) is 2.38. The minimum absolute atomic E-state index is 0.00439. The van der Waals surface area contributed by atoms with Crippen LogP contribution < -0.4 is 0 Å². The third-order valence-electron chi connectivity index (χ3n) is 2.76. The van der Waals surface area contributed by atoms with Gasteiger partial charge in [-0.05, 0) is 19.9 Å². The van der Waals surface area contributed by atoms with Crippen LogP contribution in [0.1, 0.15) is 21.7 Å². The molecule has 0 N–H and O–H groups in total. The maximum absolute atomic E-state index is 12.2. The Morgan fingerprint density at radius 3 is 2.61 bits per heavy atom. The normalized spacial score (nSPS) is 10.7. The number of carbonyl (C=O) groups is 1. The molecule has 1 aromatic carbocycles. The Labute approximate surface area is 119 Å². The van der Waals surface area contributed by atoms with E-state index in [-0.39, 0.29) is 12.3 Å². The van der Waals surface area contributed by atoms with E-state index in [1.54, 1.807) is 10.7 Å². The van der Waals surface area contributed by atoms with Gasteiger partial charge in [-0.1, -0.05) is 45.7 Å². The van der Waals surface area contributed by atoms with Crippen LogP contribution in [0.4, 0.5) is 0 Å². The molecule has 0 fully saturated rings. The Kier molecular flexibility index (Phi) is 3.88. The summed E-state index contributed by atoms with van der Waals surface area (Å²) in [5.41, 5.74) is 2.21. The molecule has 0 saturated heterocycles. The van der Waals surface area contributed by atoms with Crippen molar-refractivity contribution in [3.63, 3.8) is 0 Å². The van der Waals surface area contributed by atoms with E-state index in [4.69, 9.17) is 11.6 Å². The molecular formula is C13H12BrClN2O. The Bertz CT molecular complexity index is 607. The van der Waals surface area contributed by atoms with Gasteiger partial charge in [0, 0.05) is 10.0 Å². The second-order valence-corrected chi connectivity index (χ2v) is 5.28. The van der Waals surface area contributed by atoms with Crippen molar-refractivity contribution in [3.05, 3.63) is 50.7 Å². The van der Waals surface area contributed by atoms with Gasteiger partial charge < -0.3 is 0 Å². The minimum Gasteiger partial charge on any atom is -0.292 e. The average molecular weight is 328 g/mol. The number of aromatic nitrogens is 2. The van der Waals surface area contributed by atoms with Crippen molar-refractivity contribution < 1.29 is 4.79 Å². The second kappa shape index (κ2) is 5.24. The topological polar surface area (TPSA) is 34.9 Å². The van der Waals surface area contributed by atoms with Gasteiger partial charge in [0.1, 0.15) is 6.54 Å². The van der Waals surface area contributed by atoms with Crippen LogP contribution in [0.2, 0.25) is 5.02 Å². The Balaban J connectivity index is 2.27. The van der Waals surface area contributed by atoms with Crippen LogP contribution in [-0.2, 0) is 6.54 Å². The van der Waals surface area contributed by atoms with Gasteiger partial charge >= 0.3 is 0 Å². The maximum atomic E-state index is 12.2. The lowest BCUT2D eigenvalue weighted by molar-refractivity contribution is 0.0966. The van der Waals surface area contributed by atoms with Gasteiger partial charge in [-0.3, -0.25) is 9.48 Å². The second-order valence-electron chi connectivity index (χ2n) is 4.05. The molecule has 5 heteroatoms. The highest BCUT2D eigenvalue weighted by molar-refractivity contribution is 9.10. The minimum atomic E-state index is 0.00439. The Morgan fingerprint density at radius 2 is 2.06 bits per heavy atom. The number of nitrogens with zero attached hydrogens (tertiary/aromatic N) is 2. The lowest BCUT2D eigenvalue weighted by Crippen LogP contribution is -2.13. The van der Waals surface area contributed by atoms with Gasteiger partial charge in [0.15, 0.2) is 5.78 Å². The average Bonchev–Trinajstić information content (AvgIpc) is 2.57. The first kappa shape index (κ1) is 13.3. The number of benzene rings is 1. The molecule has 0 bridgehead atoms. The Morgan fingerprint density at radius 1 is 1.39 bits per heavy atom. The molecule has 0 unspecified atom stereocenters. The molecular weight excluding hydrogens is 316 g/mol. The number of Topliss-reactive ketones (excluding diaryl/α,β-unsaturated/α-hetero) is 1. The molecule has 2 aromatic rings. The van der Waals surface area contributed by atoms with E-state index in [0.29, 0.717) is 10.6 Å². The summed E-state index contributed by atoms with van der Waals surface area (Å²) in [6, 6.07) is 7.36. The van der Waals surface area contributed by atoms with Crippen LogP contribution in [0.3, 0.4) is 0 Å². The third-order valence-corrected chi connectivity index (χ3v) is 4.00. The van der Waals surface area contributed by atoms with E-state index in [9.17, 15) is 4.79 Å². The van der Waals surface area contributed by atoms with Crippen LogP contribution in [0.5, 0.6) is 0 Å².